The zero-order valence-electron chi connectivity index (χ0n) is 15.5. The summed E-state index contributed by atoms with van der Waals surface area (Å²) in [6, 6.07) is 11.2. The van der Waals surface area contributed by atoms with E-state index in [-0.39, 0.29) is 12.1 Å². The molecule has 1 aromatic carbocycles. The molecule has 1 fully saturated rings. The minimum absolute atomic E-state index is 0.0719. The van der Waals surface area contributed by atoms with Crippen molar-refractivity contribution in [1.29, 1.82) is 0 Å². The number of carbonyl (C=O) groups is 1. The topological polar surface area (TPSA) is 55.3 Å². The number of ether oxygens (including phenoxy) is 1. The van der Waals surface area contributed by atoms with Gasteiger partial charge in [-0.15, -0.1) is 11.3 Å². The Morgan fingerprint density at radius 2 is 1.93 bits per heavy atom. The van der Waals surface area contributed by atoms with E-state index in [0.717, 1.165) is 48.0 Å². The van der Waals surface area contributed by atoms with E-state index in [1.54, 1.807) is 29.7 Å². The summed E-state index contributed by atoms with van der Waals surface area (Å²) in [5, 5.41) is 3.60. The van der Waals surface area contributed by atoms with Crippen LogP contribution in [-0.4, -0.2) is 35.1 Å². The number of anilines is 1. The first-order chi connectivity index (χ1) is 13.6. The van der Waals surface area contributed by atoms with Crippen molar-refractivity contribution in [3.8, 4) is 10.6 Å². The Balaban J connectivity index is 1.32. The summed E-state index contributed by atoms with van der Waals surface area (Å²) in [6.07, 6.45) is 3.15. The maximum absolute atomic E-state index is 12.5. The Morgan fingerprint density at radius 3 is 2.54 bits per heavy atom. The van der Waals surface area contributed by atoms with Crippen molar-refractivity contribution in [2.24, 2.45) is 0 Å². The highest BCUT2D eigenvalue weighted by Gasteiger charge is 2.23. The van der Waals surface area contributed by atoms with E-state index in [4.69, 9.17) is 16.3 Å². The van der Waals surface area contributed by atoms with E-state index in [0.29, 0.717) is 10.6 Å². The van der Waals surface area contributed by atoms with Gasteiger partial charge in [-0.3, -0.25) is 0 Å². The highest BCUT2D eigenvalue weighted by molar-refractivity contribution is 7.13. The van der Waals surface area contributed by atoms with Crippen molar-refractivity contribution < 1.29 is 9.53 Å². The molecular formula is C21H20ClN3O2S. The maximum Gasteiger partial charge on any atom is 0.338 e. The van der Waals surface area contributed by atoms with Gasteiger partial charge < -0.3 is 9.64 Å². The Hall–Kier alpha value is -2.44. The lowest BCUT2D eigenvalue weighted by molar-refractivity contribution is 0.0245. The van der Waals surface area contributed by atoms with Gasteiger partial charge in [0.15, 0.2) is 0 Å². The smallest absolute Gasteiger partial charge is 0.338 e. The zero-order valence-corrected chi connectivity index (χ0v) is 17.0. The minimum Gasteiger partial charge on any atom is -0.459 e. The standard InChI is InChI=1S/C21H20ClN3O2S/c1-14-13-28-20(24-14)15-2-4-16(5-3-15)21(26)27-18-8-10-25(11-9-18)19-7-6-17(22)12-23-19/h2-7,12-13,18H,8-11H2,1H3. The number of hydrogen-bond donors (Lipinski definition) is 0. The summed E-state index contributed by atoms with van der Waals surface area (Å²) in [7, 11) is 0. The van der Waals surface area contributed by atoms with E-state index < -0.39 is 0 Å². The molecule has 3 heterocycles. The molecule has 4 rings (SSSR count). The van der Waals surface area contributed by atoms with Crippen LogP contribution in [0.5, 0.6) is 0 Å². The fourth-order valence-electron chi connectivity index (χ4n) is 3.21. The van der Waals surface area contributed by atoms with Crippen LogP contribution >= 0.6 is 22.9 Å². The number of thiazole rings is 1. The number of nitrogens with zero attached hydrogens (tertiary/aromatic N) is 3. The molecule has 1 aliphatic rings. The number of aryl methyl sites for hydroxylation is 1. The van der Waals surface area contributed by atoms with Crippen molar-refractivity contribution in [1.82, 2.24) is 9.97 Å². The molecule has 0 radical (unpaired) electrons. The SMILES string of the molecule is Cc1csc(-c2ccc(C(=O)OC3CCN(c4ccc(Cl)cn4)CC3)cc2)n1. The van der Waals surface area contributed by atoms with Crippen LogP contribution in [0.1, 0.15) is 28.9 Å². The van der Waals surface area contributed by atoms with Crippen molar-refractivity contribution in [2.75, 3.05) is 18.0 Å². The molecule has 2 aromatic heterocycles. The van der Waals surface area contributed by atoms with Gasteiger partial charge in [0.25, 0.3) is 0 Å². The minimum atomic E-state index is -0.273. The second-order valence-electron chi connectivity index (χ2n) is 6.80. The number of benzene rings is 1. The number of aromatic nitrogens is 2. The molecule has 0 saturated carbocycles. The van der Waals surface area contributed by atoms with Gasteiger partial charge >= 0.3 is 5.97 Å². The van der Waals surface area contributed by atoms with Gasteiger partial charge in [0.2, 0.25) is 0 Å². The number of piperidine rings is 1. The Morgan fingerprint density at radius 1 is 1.18 bits per heavy atom. The molecule has 0 spiro atoms. The monoisotopic (exact) mass is 413 g/mol. The average Bonchev–Trinajstić information content (AvgIpc) is 3.16. The summed E-state index contributed by atoms with van der Waals surface area (Å²) >= 11 is 7.49. The number of hydrogen-bond acceptors (Lipinski definition) is 6. The summed E-state index contributed by atoms with van der Waals surface area (Å²) < 4.78 is 5.71. The van der Waals surface area contributed by atoms with Crippen LogP contribution in [0.4, 0.5) is 5.82 Å². The number of pyridine rings is 1. The fourth-order valence-corrected chi connectivity index (χ4v) is 4.13. The summed E-state index contributed by atoms with van der Waals surface area (Å²) in [6.45, 7) is 3.57. The lowest BCUT2D eigenvalue weighted by Gasteiger charge is -2.32. The molecule has 0 aliphatic carbocycles. The van der Waals surface area contributed by atoms with E-state index in [1.165, 1.54) is 0 Å². The quantitative estimate of drug-likeness (QED) is 0.564. The molecule has 5 nitrogen and oxygen atoms in total. The molecule has 7 heteroatoms. The molecule has 0 atom stereocenters. The molecular weight excluding hydrogens is 394 g/mol. The number of carbonyl (C=O) groups excluding carboxylic acids is 1. The molecule has 0 unspecified atom stereocenters. The number of rotatable bonds is 4. The lowest BCUT2D eigenvalue weighted by Crippen LogP contribution is -2.38. The van der Waals surface area contributed by atoms with Crippen molar-refractivity contribution in [3.63, 3.8) is 0 Å². The van der Waals surface area contributed by atoms with E-state index in [1.807, 2.05) is 36.6 Å². The van der Waals surface area contributed by atoms with Crippen molar-refractivity contribution in [3.05, 3.63) is 64.3 Å². The van der Waals surface area contributed by atoms with Crippen LogP contribution in [0.25, 0.3) is 10.6 Å². The van der Waals surface area contributed by atoms with Gasteiger partial charge in [0.1, 0.15) is 16.9 Å². The highest BCUT2D eigenvalue weighted by Crippen LogP contribution is 2.25. The first kappa shape index (κ1) is 18.9. The molecule has 0 bridgehead atoms. The third kappa shape index (κ3) is 4.34. The normalized spacial score (nSPS) is 14.9. The Kier molecular flexibility index (Phi) is 5.59. The van der Waals surface area contributed by atoms with Crippen LogP contribution in [-0.2, 0) is 4.74 Å². The van der Waals surface area contributed by atoms with Crippen molar-refractivity contribution >= 4 is 34.7 Å². The molecule has 28 heavy (non-hydrogen) atoms. The highest BCUT2D eigenvalue weighted by atomic mass is 35.5. The maximum atomic E-state index is 12.5. The molecule has 1 saturated heterocycles. The third-order valence-electron chi connectivity index (χ3n) is 4.74. The predicted octanol–water partition coefficient (Wildman–Crippen LogP) is 4.99. The summed E-state index contributed by atoms with van der Waals surface area (Å²) in [4.78, 5) is 23.5. The van der Waals surface area contributed by atoms with Gasteiger partial charge in [-0.05, 0) is 31.2 Å². The van der Waals surface area contributed by atoms with Gasteiger partial charge in [-0.2, -0.15) is 0 Å². The second-order valence-corrected chi connectivity index (χ2v) is 8.09. The van der Waals surface area contributed by atoms with Crippen LogP contribution < -0.4 is 4.90 Å². The van der Waals surface area contributed by atoms with Gasteiger partial charge in [0.05, 0.1) is 10.6 Å². The third-order valence-corrected chi connectivity index (χ3v) is 5.97. The second kappa shape index (κ2) is 8.29. The average molecular weight is 414 g/mol. The van der Waals surface area contributed by atoms with Crippen LogP contribution in [0.2, 0.25) is 5.02 Å². The van der Waals surface area contributed by atoms with Crippen LogP contribution in [0, 0.1) is 6.92 Å². The van der Waals surface area contributed by atoms with Gasteiger partial charge in [0, 0.05) is 48.8 Å². The lowest BCUT2D eigenvalue weighted by atomic mass is 10.1. The Labute approximate surface area is 173 Å². The fraction of sp³-hybridized carbons (Fsp3) is 0.286. The van der Waals surface area contributed by atoms with E-state index >= 15 is 0 Å². The number of esters is 1. The molecule has 0 amide bonds. The Bertz CT molecular complexity index is 949. The first-order valence-corrected chi connectivity index (χ1v) is 10.4. The first-order valence-electron chi connectivity index (χ1n) is 9.18. The molecule has 3 aromatic rings. The van der Waals surface area contributed by atoms with E-state index in [2.05, 4.69) is 14.9 Å². The van der Waals surface area contributed by atoms with E-state index in [9.17, 15) is 4.79 Å². The van der Waals surface area contributed by atoms with Gasteiger partial charge in [-0.25, -0.2) is 14.8 Å². The predicted molar refractivity (Wildman–Crippen MR) is 112 cm³/mol. The summed E-state index contributed by atoms with van der Waals surface area (Å²) in [5.41, 5.74) is 2.58. The largest absolute Gasteiger partial charge is 0.459 e. The van der Waals surface area contributed by atoms with Gasteiger partial charge in [-0.1, -0.05) is 23.7 Å². The zero-order chi connectivity index (χ0) is 19.5. The summed E-state index contributed by atoms with van der Waals surface area (Å²) in [5.74, 6) is 0.632. The molecule has 0 N–H and O–H groups in total. The van der Waals surface area contributed by atoms with Crippen LogP contribution in [0.15, 0.2) is 48.0 Å². The number of halogens is 1. The van der Waals surface area contributed by atoms with Crippen LogP contribution in [0.3, 0.4) is 0 Å². The van der Waals surface area contributed by atoms with Crippen molar-refractivity contribution in [2.45, 2.75) is 25.9 Å². The molecule has 1 aliphatic heterocycles. The molecule has 144 valence electrons.